The van der Waals surface area contributed by atoms with Crippen molar-refractivity contribution in [3.05, 3.63) is 22.8 Å². The van der Waals surface area contributed by atoms with E-state index in [0.717, 1.165) is 22.6 Å². The number of aryl methyl sites for hydroxylation is 1. The number of hydrogen-bond acceptors (Lipinski definition) is 3. The summed E-state index contributed by atoms with van der Waals surface area (Å²) in [5.41, 5.74) is 9.10. The molecular weight excluding hydrogens is 288 g/mol. The lowest BCUT2D eigenvalue weighted by atomic mass is 9.81. The molecule has 5 heteroatoms. The van der Waals surface area contributed by atoms with Crippen LogP contribution in [0.25, 0.3) is 0 Å². The number of hydrogen-bond donors (Lipinski definition) is 2. The van der Waals surface area contributed by atoms with E-state index in [1.54, 1.807) is 0 Å². The van der Waals surface area contributed by atoms with Gasteiger partial charge in [0.05, 0.1) is 11.1 Å². The average molecular weight is 311 g/mol. The van der Waals surface area contributed by atoms with Gasteiger partial charge in [0, 0.05) is 23.6 Å². The zero-order valence-electron chi connectivity index (χ0n) is 13.2. The Morgan fingerprint density at radius 2 is 2.00 bits per heavy atom. The Morgan fingerprint density at radius 1 is 1.38 bits per heavy atom. The van der Waals surface area contributed by atoms with Crippen LogP contribution >= 0.6 is 12.4 Å². The van der Waals surface area contributed by atoms with Crippen molar-refractivity contribution in [2.75, 3.05) is 11.9 Å². The number of nitrogens with two attached hydrogens (primary N) is 1. The van der Waals surface area contributed by atoms with Gasteiger partial charge in [0.25, 0.3) is 0 Å². The van der Waals surface area contributed by atoms with Gasteiger partial charge in [0.2, 0.25) is 5.91 Å². The first-order valence-corrected chi connectivity index (χ1v) is 7.11. The molecular formula is C16H23ClN2O2. The van der Waals surface area contributed by atoms with Gasteiger partial charge < -0.3 is 15.8 Å². The first kappa shape index (κ1) is 16.1. The number of nitrogens with one attached hydrogen (secondary N) is 1. The summed E-state index contributed by atoms with van der Waals surface area (Å²) in [6, 6.07) is 2.13. The molecule has 0 saturated carbocycles. The number of amides is 1. The number of carbonyl (C=O) groups is 1. The van der Waals surface area contributed by atoms with Crippen molar-refractivity contribution in [3.63, 3.8) is 0 Å². The van der Waals surface area contributed by atoms with Crippen molar-refractivity contribution in [2.24, 2.45) is 5.73 Å². The van der Waals surface area contributed by atoms with Crippen LogP contribution in [0.15, 0.2) is 6.07 Å². The molecule has 116 valence electrons. The second kappa shape index (κ2) is 4.62. The van der Waals surface area contributed by atoms with Gasteiger partial charge in [-0.05, 0) is 39.3 Å². The molecule has 1 aromatic rings. The fourth-order valence-corrected chi connectivity index (χ4v) is 3.27. The molecule has 3 N–H and O–H groups in total. The summed E-state index contributed by atoms with van der Waals surface area (Å²) in [5, 5.41) is 3.00. The fraction of sp³-hybridized carbons (Fsp3) is 0.562. The van der Waals surface area contributed by atoms with Crippen LogP contribution in [0.4, 0.5) is 5.69 Å². The zero-order chi connectivity index (χ0) is 14.9. The molecule has 2 heterocycles. The van der Waals surface area contributed by atoms with Crippen LogP contribution in [0, 0.1) is 6.92 Å². The maximum absolute atomic E-state index is 12.2. The molecule has 2 aliphatic rings. The van der Waals surface area contributed by atoms with Crippen LogP contribution in [0.3, 0.4) is 0 Å². The van der Waals surface area contributed by atoms with E-state index in [4.69, 9.17) is 10.5 Å². The minimum absolute atomic E-state index is 0. The highest BCUT2D eigenvalue weighted by Gasteiger charge is 2.49. The lowest BCUT2D eigenvalue weighted by Crippen LogP contribution is -2.41. The summed E-state index contributed by atoms with van der Waals surface area (Å²) in [6.45, 7) is 10.6. The Morgan fingerprint density at radius 3 is 2.57 bits per heavy atom. The van der Waals surface area contributed by atoms with Crippen LogP contribution in [0.1, 0.15) is 50.3 Å². The van der Waals surface area contributed by atoms with Crippen LogP contribution in [-0.2, 0) is 10.2 Å². The fourth-order valence-electron chi connectivity index (χ4n) is 3.27. The molecule has 0 spiro atoms. The topological polar surface area (TPSA) is 64.3 Å². The highest BCUT2D eigenvalue weighted by Crippen LogP contribution is 2.54. The number of ether oxygens (including phenoxy) is 1. The van der Waals surface area contributed by atoms with E-state index in [-0.39, 0.29) is 24.2 Å². The Balaban J connectivity index is 0.00000161. The van der Waals surface area contributed by atoms with Crippen LogP contribution < -0.4 is 15.8 Å². The highest BCUT2D eigenvalue weighted by molar-refractivity contribution is 6.07. The Kier molecular flexibility index (Phi) is 3.54. The summed E-state index contributed by atoms with van der Waals surface area (Å²) in [7, 11) is 0. The van der Waals surface area contributed by atoms with Gasteiger partial charge in [0.15, 0.2) is 0 Å². The van der Waals surface area contributed by atoms with E-state index in [2.05, 4.69) is 18.3 Å². The third-order valence-electron chi connectivity index (χ3n) is 5.06. The highest BCUT2D eigenvalue weighted by atomic mass is 35.5. The van der Waals surface area contributed by atoms with Crippen LogP contribution in [-0.4, -0.2) is 18.1 Å². The van der Waals surface area contributed by atoms with Crippen molar-refractivity contribution < 1.29 is 9.53 Å². The molecule has 21 heavy (non-hydrogen) atoms. The minimum atomic E-state index is -0.564. The summed E-state index contributed by atoms with van der Waals surface area (Å²) in [4.78, 5) is 12.2. The number of rotatable bonds is 1. The SMILES string of the molecule is Cc1cc2c(c3c1NC(=O)C3(C)C)O[C@](C)(CN)[C@@H]2C.Cl. The molecule has 4 nitrogen and oxygen atoms in total. The molecule has 0 radical (unpaired) electrons. The van der Waals surface area contributed by atoms with E-state index >= 15 is 0 Å². The third-order valence-corrected chi connectivity index (χ3v) is 5.06. The molecule has 2 atom stereocenters. The Hall–Kier alpha value is -1.26. The lowest BCUT2D eigenvalue weighted by Gasteiger charge is -2.27. The van der Waals surface area contributed by atoms with E-state index in [1.165, 1.54) is 5.56 Å². The minimum Gasteiger partial charge on any atom is -0.485 e. The maximum Gasteiger partial charge on any atom is 0.234 e. The molecule has 0 saturated heterocycles. The number of anilines is 1. The second-order valence-electron chi connectivity index (χ2n) is 6.78. The van der Waals surface area contributed by atoms with Crippen molar-refractivity contribution in [1.29, 1.82) is 0 Å². The number of fused-ring (bicyclic) bond motifs is 3. The van der Waals surface area contributed by atoms with Crippen molar-refractivity contribution in [2.45, 2.75) is 51.6 Å². The molecule has 3 rings (SSSR count). The Labute approximate surface area is 131 Å². The van der Waals surface area contributed by atoms with Gasteiger partial charge in [-0.1, -0.05) is 6.92 Å². The van der Waals surface area contributed by atoms with E-state index in [9.17, 15) is 4.79 Å². The standard InChI is InChI=1S/C16H22N2O2.ClH/c1-8-6-10-9(2)16(5,7-17)20-13(10)11-12(8)18-14(19)15(11,3)4;/h6,9H,7,17H2,1-5H3,(H,18,19);1H/t9-,16-;/m1./s1. The van der Waals surface area contributed by atoms with Crippen LogP contribution in [0.5, 0.6) is 5.75 Å². The first-order chi connectivity index (χ1) is 9.22. The third kappa shape index (κ3) is 1.89. The summed E-state index contributed by atoms with van der Waals surface area (Å²) >= 11 is 0. The van der Waals surface area contributed by atoms with Gasteiger partial charge in [-0.15, -0.1) is 12.4 Å². The number of halogens is 1. The molecule has 0 aromatic heterocycles. The van der Waals surface area contributed by atoms with Gasteiger partial charge in [-0.2, -0.15) is 0 Å². The molecule has 1 amide bonds. The summed E-state index contributed by atoms with van der Waals surface area (Å²) in [6.07, 6.45) is 0. The molecule has 2 aliphatic heterocycles. The van der Waals surface area contributed by atoms with E-state index in [1.807, 2.05) is 27.7 Å². The zero-order valence-corrected chi connectivity index (χ0v) is 14.0. The van der Waals surface area contributed by atoms with Crippen molar-refractivity contribution in [3.8, 4) is 5.75 Å². The Bertz CT molecular complexity index is 627. The average Bonchev–Trinajstić information content (AvgIpc) is 2.77. The van der Waals surface area contributed by atoms with E-state index < -0.39 is 11.0 Å². The number of benzene rings is 1. The molecule has 0 bridgehead atoms. The normalized spacial score (nSPS) is 28.3. The van der Waals surface area contributed by atoms with Gasteiger partial charge in [0.1, 0.15) is 11.4 Å². The predicted molar refractivity (Wildman–Crippen MR) is 86.6 cm³/mol. The smallest absolute Gasteiger partial charge is 0.234 e. The lowest BCUT2D eigenvalue weighted by molar-refractivity contribution is -0.119. The monoisotopic (exact) mass is 310 g/mol. The quantitative estimate of drug-likeness (QED) is 0.838. The maximum atomic E-state index is 12.2. The molecule has 0 fully saturated rings. The predicted octanol–water partition coefficient (Wildman–Crippen LogP) is 2.86. The molecule has 0 aliphatic carbocycles. The number of carbonyl (C=O) groups excluding carboxylic acids is 1. The summed E-state index contributed by atoms with van der Waals surface area (Å²) in [5.74, 6) is 1.11. The van der Waals surface area contributed by atoms with E-state index in [0.29, 0.717) is 6.54 Å². The van der Waals surface area contributed by atoms with Crippen LogP contribution in [0.2, 0.25) is 0 Å². The van der Waals surface area contributed by atoms with Crippen molar-refractivity contribution in [1.82, 2.24) is 0 Å². The summed E-state index contributed by atoms with van der Waals surface area (Å²) < 4.78 is 6.22. The van der Waals surface area contributed by atoms with Gasteiger partial charge in [-0.3, -0.25) is 4.79 Å². The van der Waals surface area contributed by atoms with Crippen molar-refractivity contribution >= 4 is 24.0 Å². The molecule has 0 unspecified atom stereocenters. The van der Waals surface area contributed by atoms with Gasteiger partial charge in [-0.25, -0.2) is 0 Å². The molecule has 1 aromatic carbocycles. The first-order valence-electron chi connectivity index (χ1n) is 7.11. The second-order valence-corrected chi connectivity index (χ2v) is 6.78. The largest absolute Gasteiger partial charge is 0.485 e. The van der Waals surface area contributed by atoms with Gasteiger partial charge >= 0.3 is 0 Å².